The second-order valence-electron chi connectivity index (χ2n) is 1.98. The highest BCUT2D eigenvalue weighted by molar-refractivity contribution is 5.69. The molecule has 0 saturated heterocycles. The molecular weight excluding hydrogens is 148 g/mol. The number of nitrogens with zero attached hydrogens (tertiary/aromatic N) is 1. The van der Waals surface area contributed by atoms with Crippen LogP contribution in [0.3, 0.4) is 0 Å². The molecule has 0 amide bonds. The number of carboxylic acids is 1. The van der Waals surface area contributed by atoms with Crippen molar-refractivity contribution in [2.45, 2.75) is 6.42 Å². The fraction of sp³-hybridized carbons (Fsp3) is 0.167. The largest absolute Gasteiger partial charge is 0.481 e. The molecule has 1 heterocycles. The number of rotatable bonds is 2. The van der Waals surface area contributed by atoms with Gasteiger partial charge in [-0.15, -0.1) is 0 Å². The van der Waals surface area contributed by atoms with Crippen molar-refractivity contribution >= 4 is 5.97 Å². The summed E-state index contributed by atoms with van der Waals surface area (Å²) in [5.41, 5.74) is -0.234. The van der Waals surface area contributed by atoms with Crippen LogP contribution in [0.25, 0.3) is 0 Å². The molecule has 0 spiro atoms. The van der Waals surface area contributed by atoms with Gasteiger partial charge in [-0.2, -0.15) is 0 Å². The maximum atomic E-state index is 10.8. The predicted molar refractivity (Wildman–Crippen MR) is 36.2 cm³/mol. The Balaban J connectivity index is 2.95. The highest BCUT2D eigenvalue weighted by Crippen LogP contribution is 1.86. The smallest absolute Gasteiger partial charge is 0.308 e. The lowest BCUT2D eigenvalue weighted by atomic mass is 10.2. The molecule has 58 valence electrons. The molecule has 0 aromatic carbocycles. The molecule has 1 rings (SSSR count). The Bertz CT molecular complexity index is 318. The summed E-state index contributed by atoms with van der Waals surface area (Å²) in [6, 6.07) is 0. The molecule has 0 unspecified atom stereocenters. The lowest BCUT2D eigenvalue weighted by Gasteiger charge is -1.91. The van der Waals surface area contributed by atoms with E-state index in [1.807, 2.05) is 0 Å². The molecule has 0 aliphatic carbocycles. The van der Waals surface area contributed by atoms with Gasteiger partial charge in [0.15, 0.2) is 0 Å². The molecule has 0 radical (unpaired) electrons. The Morgan fingerprint density at radius 3 is 3.00 bits per heavy atom. The normalized spacial score (nSPS) is 9.45. The van der Waals surface area contributed by atoms with Gasteiger partial charge in [0.25, 0.3) is 5.56 Å². The van der Waals surface area contributed by atoms with Crippen LogP contribution >= 0.6 is 0 Å². The maximum absolute atomic E-state index is 10.8. The van der Waals surface area contributed by atoms with Crippen LogP contribution in [0.1, 0.15) is 5.56 Å². The van der Waals surface area contributed by atoms with Gasteiger partial charge in [0.2, 0.25) is 0 Å². The monoisotopic (exact) mass is 154 g/mol. The van der Waals surface area contributed by atoms with Crippen molar-refractivity contribution in [3.63, 3.8) is 0 Å². The lowest BCUT2D eigenvalue weighted by Crippen LogP contribution is -2.15. The van der Waals surface area contributed by atoms with E-state index in [2.05, 4.69) is 9.97 Å². The molecule has 0 bridgehead atoms. The van der Waals surface area contributed by atoms with Gasteiger partial charge in [0.1, 0.15) is 0 Å². The molecular formula is C6H6N2O3. The zero-order valence-electron chi connectivity index (χ0n) is 5.57. The predicted octanol–water partition coefficient (Wildman–Crippen LogP) is -0.603. The first-order valence-electron chi connectivity index (χ1n) is 2.93. The van der Waals surface area contributed by atoms with Crippen LogP contribution < -0.4 is 5.56 Å². The molecule has 0 saturated carbocycles. The van der Waals surface area contributed by atoms with Gasteiger partial charge in [-0.3, -0.25) is 9.59 Å². The van der Waals surface area contributed by atoms with Crippen molar-refractivity contribution in [3.8, 4) is 0 Å². The Morgan fingerprint density at radius 2 is 2.45 bits per heavy atom. The SMILES string of the molecule is O=C(O)Cc1cnc[nH]c1=O. The van der Waals surface area contributed by atoms with Gasteiger partial charge in [0.05, 0.1) is 12.7 Å². The van der Waals surface area contributed by atoms with Crippen molar-refractivity contribution in [1.82, 2.24) is 9.97 Å². The molecule has 11 heavy (non-hydrogen) atoms. The Hall–Kier alpha value is -1.65. The van der Waals surface area contributed by atoms with E-state index < -0.39 is 11.5 Å². The summed E-state index contributed by atoms with van der Waals surface area (Å²) in [4.78, 5) is 26.8. The number of carboxylic acid groups (broad SMARTS) is 1. The van der Waals surface area contributed by atoms with E-state index >= 15 is 0 Å². The van der Waals surface area contributed by atoms with Crippen LogP contribution in [0, 0.1) is 0 Å². The van der Waals surface area contributed by atoms with Crippen molar-refractivity contribution in [3.05, 3.63) is 28.4 Å². The minimum atomic E-state index is -1.04. The zero-order chi connectivity index (χ0) is 8.27. The quantitative estimate of drug-likeness (QED) is 0.595. The molecule has 5 heteroatoms. The van der Waals surface area contributed by atoms with E-state index in [1.165, 1.54) is 12.5 Å². The molecule has 0 aliphatic rings. The third-order valence-corrected chi connectivity index (χ3v) is 1.13. The summed E-state index contributed by atoms with van der Waals surface area (Å²) in [5, 5.41) is 8.31. The Morgan fingerprint density at radius 1 is 1.73 bits per heavy atom. The number of hydrogen-bond acceptors (Lipinski definition) is 3. The lowest BCUT2D eigenvalue weighted by molar-refractivity contribution is -0.136. The minimum absolute atomic E-state index is 0.167. The highest BCUT2D eigenvalue weighted by Gasteiger charge is 2.03. The Labute approximate surface area is 61.7 Å². The second kappa shape index (κ2) is 2.96. The molecule has 1 aromatic heterocycles. The van der Waals surface area contributed by atoms with Gasteiger partial charge in [-0.25, -0.2) is 4.98 Å². The summed E-state index contributed by atoms with van der Waals surface area (Å²) < 4.78 is 0. The Kier molecular flexibility index (Phi) is 2.00. The van der Waals surface area contributed by atoms with E-state index in [0.29, 0.717) is 0 Å². The van der Waals surface area contributed by atoms with Crippen molar-refractivity contribution in [2.75, 3.05) is 0 Å². The van der Waals surface area contributed by atoms with Gasteiger partial charge in [0, 0.05) is 11.8 Å². The maximum Gasteiger partial charge on any atom is 0.308 e. The van der Waals surface area contributed by atoms with Crippen LogP contribution in [0.4, 0.5) is 0 Å². The number of aromatic nitrogens is 2. The highest BCUT2D eigenvalue weighted by atomic mass is 16.4. The summed E-state index contributed by atoms with van der Waals surface area (Å²) in [6.45, 7) is 0. The van der Waals surface area contributed by atoms with Crippen molar-refractivity contribution < 1.29 is 9.90 Å². The fourth-order valence-corrected chi connectivity index (χ4v) is 0.663. The molecule has 1 aromatic rings. The van der Waals surface area contributed by atoms with Gasteiger partial charge in [-0.1, -0.05) is 0 Å². The van der Waals surface area contributed by atoms with Crippen LogP contribution in [0.15, 0.2) is 17.3 Å². The van der Waals surface area contributed by atoms with Gasteiger partial charge in [-0.05, 0) is 0 Å². The van der Waals surface area contributed by atoms with E-state index in [-0.39, 0.29) is 12.0 Å². The van der Waals surface area contributed by atoms with E-state index in [1.54, 1.807) is 0 Å². The zero-order valence-corrected chi connectivity index (χ0v) is 5.57. The van der Waals surface area contributed by atoms with Crippen LogP contribution in [0.5, 0.6) is 0 Å². The van der Waals surface area contributed by atoms with Crippen molar-refractivity contribution in [2.24, 2.45) is 0 Å². The number of hydrogen-bond donors (Lipinski definition) is 2. The van der Waals surface area contributed by atoms with Crippen LogP contribution in [-0.2, 0) is 11.2 Å². The average Bonchev–Trinajstić information content (AvgIpc) is 1.93. The topological polar surface area (TPSA) is 83.0 Å². The number of aromatic amines is 1. The molecule has 5 nitrogen and oxygen atoms in total. The summed E-state index contributed by atoms with van der Waals surface area (Å²) >= 11 is 0. The summed E-state index contributed by atoms with van der Waals surface area (Å²) in [5.74, 6) is -1.04. The van der Waals surface area contributed by atoms with E-state index in [0.717, 1.165) is 0 Å². The van der Waals surface area contributed by atoms with E-state index in [4.69, 9.17) is 5.11 Å². The third-order valence-electron chi connectivity index (χ3n) is 1.13. The second-order valence-corrected chi connectivity index (χ2v) is 1.98. The van der Waals surface area contributed by atoms with Gasteiger partial charge < -0.3 is 10.1 Å². The molecule has 0 fully saturated rings. The van der Waals surface area contributed by atoms with E-state index in [9.17, 15) is 9.59 Å². The summed E-state index contributed by atoms with van der Waals surface area (Å²) in [7, 11) is 0. The molecule has 2 N–H and O–H groups in total. The van der Waals surface area contributed by atoms with Crippen LogP contribution in [-0.4, -0.2) is 21.0 Å². The van der Waals surface area contributed by atoms with Crippen LogP contribution in [0.2, 0.25) is 0 Å². The molecule has 0 atom stereocenters. The average molecular weight is 154 g/mol. The summed E-state index contributed by atoms with van der Waals surface area (Å²) in [6.07, 6.45) is 2.17. The number of carbonyl (C=O) groups is 1. The minimum Gasteiger partial charge on any atom is -0.481 e. The number of nitrogens with one attached hydrogen (secondary N) is 1. The third kappa shape index (κ3) is 1.89. The van der Waals surface area contributed by atoms with Crippen molar-refractivity contribution in [1.29, 1.82) is 0 Å². The molecule has 0 aliphatic heterocycles. The first kappa shape index (κ1) is 7.46. The first-order valence-corrected chi connectivity index (χ1v) is 2.93. The van der Waals surface area contributed by atoms with Gasteiger partial charge >= 0.3 is 5.97 Å². The fourth-order valence-electron chi connectivity index (χ4n) is 0.663. The first-order chi connectivity index (χ1) is 5.20. The number of H-pyrrole nitrogens is 1. The standard InChI is InChI=1S/C6H6N2O3/c9-5(10)1-4-2-7-3-8-6(4)11/h2-3H,1H2,(H,9,10)(H,7,8,11). The number of aliphatic carboxylic acids is 1.